The molecule has 64 valence electrons. The van der Waals surface area contributed by atoms with Gasteiger partial charge in [-0.15, -0.1) is 0 Å². The van der Waals surface area contributed by atoms with Gasteiger partial charge in [-0.2, -0.15) is 0 Å². The van der Waals surface area contributed by atoms with Crippen LogP contribution in [0.3, 0.4) is 0 Å². The molecule has 1 aromatic carbocycles. The van der Waals surface area contributed by atoms with Gasteiger partial charge in [0.05, 0.1) is 5.69 Å². The standard InChI is InChI=1S/C9H11NO2/c1-10(2)8-5-7(6-11)3-4-9(8)12/h3-6,12H,1-2H3. The molecule has 0 saturated heterocycles. The van der Waals surface area contributed by atoms with Crippen LogP contribution in [0, 0.1) is 0 Å². The maximum atomic E-state index is 10.4. The summed E-state index contributed by atoms with van der Waals surface area (Å²) in [5.41, 5.74) is 1.22. The first kappa shape index (κ1) is 8.59. The van der Waals surface area contributed by atoms with Crippen molar-refractivity contribution in [3.05, 3.63) is 23.8 Å². The zero-order valence-corrected chi connectivity index (χ0v) is 7.11. The van der Waals surface area contributed by atoms with E-state index in [4.69, 9.17) is 0 Å². The summed E-state index contributed by atoms with van der Waals surface area (Å²) >= 11 is 0. The fourth-order valence-corrected chi connectivity index (χ4v) is 0.972. The average Bonchev–Trinajstić information content (AvgIpc) is 2.05. The molecular weight excluding hydrogens is 154 g/mol. The van der Waals surface area contributed by atoms with E-state index in [9.17, 15) is 9.90 Å². The number of phenolic OH excluding ortho intramolecular Hbond substituents is 1. The molecule has 0 radical (unpaired) electrons. The Bertz CT molecular complexity index is 295. The van der Waals surface area contributed by atoms with Crippen molar-refractivity contribution in [3.8, 4) is 5.75 Å². The van der Waals surface area contributed by atoms with Crippen LogP contribution in [0.5, 0.6) is 5.75 Å². The molecule has 0 atom stereocenters. The van der Waals surface area contributed by atoms with Crippen LogP contribution in [0.25, 0.3) is 0 Å². The molecule has 0 aliphatic carbocycles. The van der Waals surface area contributed by atoms with Crippen molar-refractivity contribution in [2.75, 3.05) is 19.0 Å². The number of aldehydes is 1. The molecular formula is C9H11NO2. The smallest absolute Gasteiger partial charge is 0.150 e. The highest BCUT2D eigenvalue weighted by Gasteiger charge is 2.03. The number of carbonyl (C=O) groups is 1. The summed E-state index contributed by atoms with van der Waals surface area (Å²) in [4.78, 5) is 12.1. The van der Waals surface area contributed by atoms with Crippen molar-refractivity contribution in [2.24, 2.45) is 0 Å². The molecule has 12 heavy (non-hydrogen) atoms. The Morgan fingerprint density at radius 1 is 1.42 bits per heavy atom. The minimum Gasteiger partial charge on any atom is -0.506 e. The van der Waals surface area contributed by atoms with Crippen LogP contribution in [-0.2, 0) is 0 Å². The van der Waals surface area contributed by atoms with Gasteiger partial charge >= 0.3 is 0 Å². The van der Waals surface area contributed by atoms with Crippen LogP contribution in [-0.4, -0.2) is 25.5 Å². The minimum atomic E-state index is 0.186. The Hall–Kier alpha value is -1.51. The van der Waals surface area contributed by atoms with Crippen LogP contribution in [0.1, 0.15) is 10.4 Å². The first-order valence-corrected chi connectivity index (χ1v) is 3.60. The number of benzene rings is 1. The molecule has 3 nitrogen and oxygen atoms in total. The monoisotopic (exact) mass is 165 g/mol. The second-order valence-corrected chi connectivity index (χ2v) is 2.76. The lowest BCUT2D eigenvalue weighted by molar-refractivity contribution is 0.112. The molecule has 0 unspecified atom stereocenters. The van der Waals surface area contributed by atoms with E-state index in [2.05, 4.69) is 0 Å². The number of anilines is 1. The van der Waals surface area contributed by atoms with Crippen molar-refractivity contribution in [3.63, 3.8) is 0 Å². The van der Waals surface area contributed by atoms with E-state index in [1.807, 2.05) is 14.1 Å². The maximum Gasteiger partial charge on any atom is 0.150 e. The van der Waals surface area contributed by atoms with Gasteiger partial charge in [0.2, 0.25) is 0 Å². The average molecular weight is 165 g/mol. The Morgan fingerprint density at radius 3 is 2.58 bits per heavy atom. The fourth-order valence-electron chi connectivity index (χ4n) is 0.972. The van der Waals surface area contributed by atoms with Crippen LogP contribution >= 0.6 is 0 Å². The van der Waals surface area contributed by atoms with Crippen molar-refractivity contribution in [1.82, 2.24) is 0 Å². The van der Waals surface area contributed by atoms with E-state index in [0.29, 0.717) is 11.3 Å². The van der Waals surface area contributed by atoms with E-state index >= 15 is 0 Å². The van der Waals surface area contributed by atoms with Crippen molar-refractivity contribution >= 4 is 12.0 Å². The van der Waals surface area contributed by atoms with Crippen LogP contribution in [0.15, 0.2) is 18.2 Å². The lowest BCUT2D eigenvalue weighted by Crippen LogP contribution is -2.08. The highest BCUT2D eigenvalue weighted by Crippen LogP contribution is 2.25. The summed E-state index contributed by atoms with van der Waals surface area (Å²) in [5.74, 6) is 0.186. The third kappa shape index (κ3) is 1.56. The van der Waals surface area contributed by atoms with E-state index < -0.39 is 0 Å². The van der Waals surface area contributed by atoms with Gasteiger partial charge in [0.25, 0.3) is 0 Å². The van der Waals surface area contributed by atoms with E-state index in [1.54, 1.807) is 17.0 Å². The third-order valence-corrected chi connectivity index (χ3v) is 1.62. The Morgan fingerprint density at radius 2 is 2.08 bits per heavy atom. The van der Waals surface area contributed by atoms with Crippen LogP contribution in [0.2, 0.25) is 0 Å². The number of hydrogen-bond donors (Lipinski definition) is 1. The van der Waals surface area contributed by atoms with Gasteiger partial charge in [0, 0.05) is 19.7 Å². The summed E-state index contributed by atoms with van der Waals surface area (Å²) in [6.07, 6.45) is 0.756. The number of carbonyl (C=O) groups excluding carboxylic acids is 1. The van der Waals surface area contributed by atoms with E-state index in [1.165, 1.54) is 6.07 Å². The molecule has 0 aliphatic rings. The SMILES string of the molecule is CN(C)c1cc(C=O)ccc1O. The van der Waals surface area contributed by atoms with Crippen molar-refractivity contribution < 1.29 is 9.90 Å². The van der Waals surface area contributed by atoms with Gasteiger partial charge in [0.15, 0.2) is 0 Å². The molecule has 0 fully saturated rings. The van der Waals surface area contributed by atoms with Gasteiger partial charge in [-0.25, -0.2) is 0 Å². The molecule has 0 aliphatic heterocycles. The zero-order valence-electron chi connectivity index (χ0n) is 7.11. The minimum absolute atomic E-state index is 0.186. The van der Waals surface area contributed by atoms with Crippen molar-refractivity contribution in [1.29, 1.82) is 0 Å². The quantitative estimate of drug-likeness (QED) is 0.671. The fraction of sp³-hybridized carbons (Fsp3) is 0.222. The lowest BCUT2D eigenvalue weighted by atomic mass is 10.2. The summed E-state index contributed by atoms with van der Waals surface area (Å²) in [5, 5.41) is 9.34. The molecule has 3 heteroatoms. The van der Waals surface area contributed by atoms with Crippen LogP contribution in [0.4, 0.5) is 5.69 Å². The highest BCUT2D eigenvalue weighted by atomic mass is 16.3. The summed E-state index contributed by atoms with van der Waals surface area (Å²) in [6.45, 7) is 0. The Labute approximate surface area is 71.2 Å². The topological polar surface area (TPSA) is 40.5 Å². The first-order valence-electron chi connectivity index (χ1n) is 3.60. The second kappa shape index (κ2) is 3.26. The van der Waals surface area contributed by atoms with Gasteiger partial charge in [0.1, 0.15) is 12.0 Å². The number of aromatic hydroxyl groups is 1. The molecule has 1 aromatic rings. The summed E-state index contributed by atoms with van der Waals surface area (Å²) in [6, 6.07) is 4.73. The molecule has 0 amide bonds. The summed E-state index contributed by atoms with van der Waals surface area (Å²) < 4.78 is 0. The van der Waals surface area contributed by atoms with Gasteiger partial charge in [-0.3, -0.25) is 4.79 Å². The van der Waals surface area contributed by atoms with Crippen molar-refractivity contribution in [2.45, 2.75) is 0 Å². The highest BCUT2D eigenvalue weighted by molar-refractivity contribution is 5.78. The first-order chi connectivity index (χ1) is 5.65. The van der Waals surface area contributed by atoms with E-state index in [0.717, 1.165) is 6.29 Å². The molecule has 0 heterocycles. The Balaban J connectivity index is 3.16. The molecule has 0 saturated carbocycles. The second-order valence-electron chi connectivity index (χ2n) is 2.76. The third-order valence-electron chi connectivity index (χ3n) is 1.62. The van der Waals surface area contributed by atoms with Gasteiger partial charge < -0.3 is 10.0 Å². The molecule has 0 aromatic heterocycles. The molecule has 0 spiro atoms. The molecule has 1 N–H and O–H groups in total. The molecule has 1 rings (SSSR count). The zero-order chi connectivity index (χ0) is 9.14. The van der Waals surface area contributed by atoms with Gasteiger partial charge in [-0.1, -0.05) is 0 Å². The Kier molecular flexibility index (Phi) is 2.33. The van der Waals surface area contributed by atoms with Crippen LogP contribution < -0.4 is 4.90 Å². The van der Waals surface area contributed by atoms with Gasteiger partial charge in [-0.05, 0) is 18.2 Å². The normalized spacial score (nSPS) is 9.50. The number of hydrogen-bond acceptors (Lipinski definition) is 3. The number of phenols is 1. The molecule has 0 bridgehead atoms. The summed E-state index contributed by atoms with van der Waals surface area (Å²) in [7, 11) is 3.62. The van der Waals surface area contributed by atoms with E-state index in [-0.39, 0.29) is 5.75 Å². The predicted molar refractivity (Wildman–Crippen MR) is 47.8 cm³/mol. The largest absolute Gasteiger partial charge is 0.506 e. The number of rotatable bonds is 2. The maximum absolute atomic E-state index is 10.4. The lowest BCUT2D eigenvalue weighted by Gasteiger charge is -2.13. The number of nitrogens with zero attached hydrogens (tertiary/aromatic N) is 1. The predicted octanol–water partition coefficient (Wildman–Crippen LogP) is 1.27.